The number of ether oxygens (including phenoxy) is 2. The van der Waals surface area contributed by atoms with Gasteiger partial charge in [0.1, 0.15) is 0 Å². The van der Waals surface area contributed by atoms with E-state index in [2.05, 4.69) is 9.47 Å². The second-order valence-electron chi connectivity index (χ2n) is 1.54. The maximum Gasteiger partial charge on any atom is 1.00 e. The smallest absolute Gasteiger partial charge is 1.00 e. The third kappa shape index (κ3) is 5.38. The first-order valence-electron chi connectivity index (χ1n) is 2.91. The molecule has 1 atom stereocenters. The molecule has 0 aliphatic heterocycles. The second kappa shape index (κ2) is 8.20. The number of carbonyl (C=O) groups excluding carboxylic acids is 2. The summed E-state index contributed by atoms with van der Waals surface area (Å²) < 4.78 is 8.96. The molecule has 0 aliphatic rings. The van der Waals surface area contributed by atoms with E-state index in [1.807, 2.05) is 0 Å². The summed E-state index contributed by atoms with van der Waals surface area (Å²) in [7, 11) is 1.27. The van der Waals surface area contributed by atoms with Crippen molar-refractivity contribution in [3.05, 3.63) is 0 Å². The Morgan fingerprint density at radius 1 is 1.73 bits per heavy atom. The topological polar surface area (TPSA) is 52.6 Å². The van der Waals surface area contributed by atoms with E-state index in [0.29, 0.717) is 6.29 Å². The molecule has 0 N–H and O–H groups in total. The number of methoxy groups -OCH3 is 1. The first kappa shape index (κ1) is 13.7. The van der Waals surface area contributed by atoms with Crippen molar-refractivity contribution < 1.29 is 50.0 Å². The molecule has 0 aromatic rings. The molecule has 0 aromatic carbocycles. The van der Waals surface area contributed by atoms with Gasteiger partial charge in [-0.2, -0.15) is 0 Å². The number of esters is 1. The van der Waals surface area contributed by atoms with E-state index in [1.165, 1.54) is 7.11 Å². The monoisotopic (exact) mass is 170 g/mol. The zero-order valence-corrected chi connectivity index (χ0v) is 8.99. The van der Waals surface area contributed by atoms with Crippen LogP contribution in [-0.2, 0) is 19.1 Å². The van der Waals surface area contributed by atoms with Crippen LogP contribution in [0.2, 0.25) is 0 Å². The summed E-state index contributed by atoms with van der Waals surface area (Å²) in [6.45, 7) is 1.92. The molecule has 0 heterocycles. The molecule has 0 fully saturated rings. The quantitative estimate of drug-likeness (QED) is 0.194. The molecule has 0 aromatic heterocycles. The Morgan fingerprint density at radius 3 is 2.55 bits per heavy atom. The van der Waals surface area contributed by atoms with E-state index in [9.17, 15) is 9.59 Å². The van der Waals surface area contributed by atoms with Gasteiger partial charge in [0.05, 0.1) is 6.61 Å². The first-order chi connectivity index (χ1) is 4.76. The van der Waals surface area contributed by atoms with Crippen molar-refractivity contribution in [2.45, 2.75) is 13.0 Å². The van der Waals surface area contributed by atoms with Gasteiger partial charge in [0.2, 0.25) is 6.10 Å². The molecule has 0 radical (unpaired) electrons. The van der Waals surface area contributed by atoms with E-state index in [1.54, 1.807) is 6.92 Å². The Bertz CT molecular complexity index is 131. The van der Waals surface area contributed by atoms with E-state index < -0.39 is 12.1 Å². The molecule has 1 unspecified atom stereocenters. The van der Waals surface area contributed by atoms with Gasteiger partial charge in [0.15, 0.2) is 6.29 Å². The predicted octanol–water partition coefficient (Wildman–Crippen LogP) is -3.12. The Hall–Kier alpha value is 0.1000. The maximum absolute atomic E-state index is 10.6. The average molecular weight is 170 g/mol. The van der Waals surface area contributed by atoms with Crippen molar-refractivity contribution in [1.29, 1.82) is 0 Å². The largest absolute Gasteiger partial charge is 1.00 e. The molecule has 5 heteroatoms. The Labute approximate surface area is 89.0 Å². The molecular weight excluding hydrogens is 159 g/mol. The minimum Gasteiger partial charge on any atom is -1.00 e. The van der Waals surface area contributed by atoms with Crippen LogP contribution >= 0.6 is 0 Å². The molecule has 0 aliphatic carbocycles. The van der Waals surface area contributed by atoms with E-state index >= 15 is 0 Å². The van der Waals surface area contributed by atoms with Gasteiger partial charge in [-0.1, -0.05) is 0 Å². The van der Waals surface area contributed by atoms with Crippen molar-refractivity contribution in [2.24, 2.45) is 0 Å². The number of hydrogen-bond acceptors (Lipinski definition) is 4. The average Bonchev–Trinajstić information content (AvgIpc) is 1.91. The van der Waals surface area contributed by atoms with E-state index in [4.69, 9.17) is 0 Å². The van der Waals surface area contributed by atoms with Crippen molar-refractivity contribution in [2.75, 3.05) is 13.7 Å². The summed E-state index contributed by atoms with van der Waals surface area (Å²) >= 11 is 0. The summed E-state index contributed by atoms with van der Waals surface area (Å²) in [6.07, 6.45) is -0.669. The fraction of sp³-hybridized carbons (Fsp3) is 0.667. The van der Waals surface area contributed by atoms with Crippen LogP contribution in [0.3, 0.4) is 0 Å². The first-order valence-corrected chi connectivity index (χ1v) is 2.91. The van der Waals surface area contributed by atoms with Crippen LogP contribution in [0.4, 0.5) is 0 Å². The van der Waals surface area contributed by atoms with Gasteiger partial charge in [-0.15, -0.1) is 0 Å². The van der Waals surface area contributed by atoms with Crippen LogP contribution in [0, 0.1) is 0 Å². The number of aldehydes is 1. The summed E-state index contributed by atoms with van der Waals surface area (Å²) in [5.41, 5.74) is 0. The Balaban J connectivity index is -0.000000405. The fourth-order valence-corrected chi connectivity index (χ4v) is 0.432. The van der Waals surface area contributed by atoms with Crippen LogP contribution in [0.1, 0.15) is 8.35 Å². The molecule has 60 valence electrons. The van der Waals surface area contributed by atoms with Gasteiger partial charge < -0.3 is 10.9 Å². The minimum atomic E-state index is -1.07. The fourth-order valence-electron chi connectivity index (χ4n) is 0.432. The third-order valence-electron chi connectivity index (χ3n) is 0.896. The summed E-state index contributed by atoms with van der Waals surface area (Å²) in [6, 6.07) is 0. The zero-order valence-electron chi connectivity index (χ0n) is 7.99. The van der Waals surface area contributed by atoms with Crippen LogP contribution in [-0.4, -0.2) is 32.1 Å². The van der Waals surface area contributed by atoms with Crippen LogP contribution in [0.25, 0.3) is 0 Å². The minimum absolute atomic E-state index is 0. The summed E-state index contributed by atoms with van der Waals surface area (Å²) in [5.74, 6) is -0.639. The second-order valence-corrected chi connectivity index (χ2v) is 1.54. The van der Waals surface area contributed by atoms with Gasteiger partial charge in [0, 0.05) is 7.11 Å². The Kier molecular flexibility index (Phi) is 10.2. The van der Waals surface area contributed by atoms with Crippen molar-refractivity contribution in [3.8, 4) is 0 Å². The van der Waals surface area contributed by atoms with E-state index in [0.717, 1.165) is 0 Å². The molecule has 0 saturated heterocycles. The third-order valence-corrected chi connectivity index (χ3v) is 0.896. The number of rotatable bonds is 4. The molecule has 0 spiro atoms. The molecular formula is C6H11NaO4. The van der Waals surface area contributed by atoms with Gasteiger partial charge in [-0.05, 0) is 6.92 Å². The zero-order chi connectivity index (χ0) is 7.98. The maximum atomic E-state index is 10.6. The van der Waals surface area contributed by atoms with Gasteiger partial charge in [0.25, 0.3) is 0 Å². The SMILES string of the molecule is CCOC(=O)C(C=O)OC.[H-].[Na+]. The van der Waals surface area contributed by atoms with Gasteiger partial charge in [-0.3, -0.25) is 4.79 Å². The predicted molar refractivity (Wildman–Crippen MR) is 34.6 cm³/mol. The Morgan fingerprint density at radius 2 is 2.27 bits per heavy atom. The standard InChI is InChI=1S/C6H10O4.Na.H/c1-3-10-6(8)5(4-7)9-2;;/h4-5H,3H2,1-2H3;;/q;+1;-1. The van der Waals surface area contributed by atoms with Gasteiger partial charge in [-0.25, -0.2) is 4.79 Å². The summed E-state index contributed by atoms with van der Waals surface area (Å²) in [4.78, 5) is 20.7. The molecule has 11 heavy (non-hydrogen) atoms. The number of carbonyl (C=O) groups is 2. The summed E-state index contributed by atoms with van der Waals surface area (Å²) in [5, 5.41) is 0. The van der Waals surface area contributed by atoms with Crippen molar-refractivity contribution >= 4 is 12.3 Å². The van der Waals surface area contributed by atoms with Gasteiger partial charge >= 0.3 is 35.5 Å². The molecule has 0 saturated carbocycles. The molecule has 0 amide bonds. The van der Waals surface area contributed by atoms with E-state index in [-0.39, 0.29) is 37.6 Å². The van der Waals surface area contributed by atoms with Crippen LogP contribution < -0.4 is 29.6 Å². The van der Waals surface area contributed by atoms with Crippen molar-refractivity contribution in [1.82, 2.24) is 0 Å². The van der Waals surface area contributed by atoms with Crippen molar-refractivity contribution in [3.63, 3.8) is 0 Å². The normalized spacial score (nSPS) is 11.1. The molecule has 4 nitrogen and oxygen atoms in total. The molecule has 0 rings (SSSR count). The van der Waals surface area contributed by atoms with Crippen LogP contribution in [0.5, 0.6) is 0 Å². The number of hydrogen-bond donors (Lipinski definition) is 0. The molecule has 0 bridgehead atoms. The van der Waals surface area contributed by atoms with Crippen LogP contribution in [0.15, 0.2) is 0 Å².